The first-order chi connectivity index (χ1) is 15.8. The second-order valence-electron chi connectivity index (χ2n) is 8.88. The van der Waals surface area contributed by atoms with Gasteiger partial charge in [-0.25, -0.2) is 4.98 Å². The third-order valence-corrected chi connectivity index (χ3v) is 6.80. The highest BCUT2D eigenvalue weighted by Gasteiger charge is 2.54. The van der Waals surface area contributed by atoms with Crippen LogP contribution in [-0.2, 0) is 9.53 Å². The number of fused-ring (bicyclic) bond motifs is 1. The van der Waals surface area contributed by atoms with E-state index in [1.807, 2.05) is 18.3 Å². The second-order valence-corrected chi connectivity index (χ2v) is 8.88. The molecule has 1 amide bonds. The van der Waals surface area contributed by atoms with Gasteiger partial charge in [0, 0.05) is 68.9 Å². The minimum absolute atomic E-state index is 0.0462. The van der Waals surface area contributed by atoms with Crippen molar-refractivity contribution in [2.75, 3.05) is 37.7 Å². The zero-order valence-corrected chi connectivity index (χ0v) is 18.2. The molecule has 0 radical (unpaired) electrons. The van der Waals surface area contributed by atoms with Crippen molar-refractivity contribution in [1.29, 1.82) is 0 Å². The van der Waals surface area contributed by atoms with Crippen LogP contribution in [0.15, 0.2) is 48.9 Å². The largest absolute Gasteiger partial charge is 0.474 e. The van der Waals surface area contributed by atoms with Crippen molar-refractivity contribution in [3.63, 3.8) is 0 Å². The van der Waals surface area contributed by atoms with Crippen molar-refractivity contribution in [2.24, 2.45) is 17.8 Å². The van der Waals surface area contributed by atoms with Gasteiger partial charge in [0.15, 0.2) is 0 Å². The molecule has 4 heterocycles. The molecular weight excluding hydrogens is 404 g/mol. The molecule has 0 unspecified atom stereocenters. The average Bonchev–Trinajstić information content (AvgIpc) is 3.27. The quantitative estimate of drug-likeness (QED) is 0.644. The number of ether oxygens (including phenoxy) is 2. The number of carbonyl (C=O) groups is 1. The van der Waals surface area contributed by atoms with Crippen LogP contribution >= 0.6 is 0 Å². The third-order valence-electron chi connectivity index (χ3n) is 6.80. The van der Waals surface area contributed by atoms with Crippen LogP contribution in [0.2, 0.25) is 0 Å². The molecule has 32 heavy (non-hydrogen) atoms. The van der Waals surface area contributed by atoms with Gasteiger partial charge in [0.05, 0.1) is 13.2 Å². The summed E-state index contributed by atoms with van der Waals surface area (Å²) in [6.07, 6.45) is 11.8. The number of amides is 1. The number of carbonyl (C=O) groups excluding carboxylic acids is 1. The van der Waals surface area contributed by atoms with E-state index in [2.05, 4.69) is 32.3 Å². The van der Waals surface area contributed by atoms with E-state index in [1.54, 1.807) is 24.5 Å². The van der Waals surface area contributed by atoms with Crippen LogP contribution in [0.5, 0.6) is 5.88 Å². The highest BCUT2D eigenvalue weighted by atomic mass is 16.5. The smallest absolute Gasteiger partial charge is 0.244 e. The molecule has 1 aliphatic carbocycles. The molecule has 0 aromatic carbocycles. The molecule has 3 fully saturated rings. The van der Waals surface area contributed by atoms with Crippen molar-refractivity contribution in [1.82, 2.24) is 15.3 Å². The van der Waals surface area contributed by atoms with E-state index in [0.29, 0.717) is 11.8 Å². The first-order valence-corrected chi connectivity index (χ1v) is 11.6. The Kier molecular flexibility index (Phi) is 6.34. The van der Waals surface area contributed by atoms with Crippen LogP contribution in [0.1, 0.15) is 24.8 Å². The van der Waals surface area contributed by atoms with E-state index in [1.165, 1.54) is 5.69 Å². The Morgan fingerprint density at radius 3 is 2.84 bits per heavy atom. The minimum Gasteiger partial charge on any atom is -0.474 e. The van der Waals surface area contributed by atoms with Crippen molar-refractivity contribution in [3.8, 4) is 5.88 Å². The maximum Gasteiger partial charge on any atom is 0.244 e. The topological polar surface area (TPSA) is 76.6 Å². The fourth-order valence-corrected chi connectivity index (χ4v) is 4.98. The summed E-state index contributed by atoms with van der Waals surface area (Å²) >= 11 is 0. The van der Waals surface area contributed by atoms with Crippen LogP contribution in [0.25, 0.3) is 6.08 Å². The van der Waals surface area contributed by atoms with Gasteiger partial charge < -0.3 is 19.7 Å². The lowest BCUT2D eigenvalue weighted by molar-refractivity contribution is -0.116. The predicted octanol–water partition coefficient (Wildman–Crippen LogP) is 2.94. The molecule has 2 aromatic heterocycles. The summed E-state index contributed by atoms with van der Waals surface area (Å²) < 4.78 is 11.5. The summed E-state index contributed by atoms with van der Waals surface area (Å²) in [4.78, 5) is 22.9. The van der Waals surface area contributed by atoms with Crippen molar-refractivity contribution < 1.29 is 14.3 Å². The monoisotopic (exact) mass is 434 g/mol. The molecule has 0 bridgehead atoms. The second kappa shape index (κ2) is 9.69. The first kappa shape index (κ1) is 20.9. The van der Waals surface area contributed by atoms with Gasteiger partial charge in [0.25, 0.3) is 0 Å². The molecule has 2 saturated heterocycles. The van der Waals surface area contributed by atoms with E-state index in [-0.39, 0.29) is 12.0 Å². The number of piperidine rings is 1. The van der Waals surface area contributed by atoms with E-state index in [9.17, 15) is 4.79 Å². The summed E-state index contributed by atoms with van der Waals surface area (Å²) in [5, 5.41) is 3.01. The zero-order valence-electron chi connectivity index (χ0n) is 18.2. The molecule has 1 N–H and O–H groups in total. The molecule has 5 rings (SSSR count). The summed E-state index contributed by atoms with van der Waals surface area (Å²) in [6.45, 7) is 4.41. The molecule has 3 atom stereocenters. The van der Waals surface area contributed by atoms with Crippen LogP contribution in [0.4, 0.5) is 5.69 Å². The Morgan fingerprint density at radius 2 is 2.06 bits per heavy atom. The van der Waals surface area contributed by atoms with Gasteiger partial charge in [-0.3, -0.25) is 9.78 Å². The lowest BCUT2D eigenvalue weighted by Gasteiger charge is -2.25. The number of hydrogen-bond donors (Lipinski definition) is 1. The molecule has 1 saturated carbocycles. The average molecular weight is 435 g/mol. The van der Waals surface area contributed by atoms with Gasteiger partial charge in [-0.1, -0.05) is 6.07 Å². The number of nitrogens with zero attached hydrogens (tertiary/aromatic N) is 3. The maximum atomic E-state index is 12.0. The van der Waals surface area contributed by atoms with E-state index >= 15 is 0 Å². The van der Waals surface area contributed by atoms with Gasteiger partial charge in [-0.15, -0.1) is 0 Å². The van der Waals surface area contributed by atoms with E-state index < -0.39 is 0 Å². The lowest BCUT2D eigenvalue weighted by Crippen LogP contribution is -2.27. The van der Waals surface area contributed by atoms with Gasteiger partial charge in [0.1, 0.15) is 6.10 Å². The number of hydrogen-bond acceptors (Lipinski definition) is 6. The first-order valence-electron chi connectivity index (χ1n) is 11.6. The van der Waals surface area contributed by atoms with Gasteiger partial charge in [0.2, 0.25) is 11.8 Å². The summed E-state index contributed by atoms with van der Waals surface area (Å²) in [7, 11) is 0. The summed E-state index contributed by atoms with van der Waals surface area (Å²) in [5.74, 6) is 2.84. The SMILES string of the molecule is O=C(/C=C/c1cccnc1)NCC[C@H]1[C@H]2CN(c3ccnc(OC4CCOCC4)c3)C[C@@H]12. The molecule has 7 heteroatoms. The van der Waals surface area contributed by atoms with Crippen LogP contribution < -0.4 is 15.0 Å². The fourth-order valence-electron chi connectivity index (χ4n) is 4.98. The van der Waals surface area contributed by atoms with E-state index in [0.717, 1.165) is 69.5 Å². The Bertz CT molecular complexity index is 933. The Morgan fingerprint density at radius 1 is 1.22 bits per heavy atom. The molecule has 168 valence electrons. The Hall–Kier alpha value is -2.93. The summed E-state index contributed by atoms with van der Waals surface area (Å²) in [6, 6.07) is 7.94. The maximum absolute atomic E-state index is 12.0. The Balaban J connectivity index is 1.04. The molecule has 2 aliphatic heterocycles. The number of anilines is 1. The van der Waals surface area contributed by atoms with E-state index in [4.69, 9.17) is 9.47 Å². The van der Waals surface area contributed by atoms with Crippen molar-refractivity contribution >= 4 is 17.7 Å². The highest BCUT2D eigenvalue weighted by Crippen LogP contribution is 2.54. The number of nitrogens with one attached hydrogen (secondary N) is 1. The highest BCUT2D eigenvalue weighted by molar-refractivity contribution is 5.91. The number of rotatable bonds is 8. The molecule has 2 aromatic rings. The number of aromatic nitrogens is 2. The third kappa shape index (κ3) is 5.10. The van der Waals surface area contributed by atoms with Crippen LogP contribution in [0, 0.1) is 17.8 Å². The number of pyridine rings is 2. The standard InChI is InChI=1S/C25H30N4O3/c30-24(4-3-18-2-1-9-26-15-18)27-11-6-21-22-16-29(17-23(21)22)19-5-10-28-25(14-19)32-20-7-12-31-13-8-20/h1-5,9-10,14-15,20-23H,6-8,11-13,16-17H2,(H,27,30)/b4-3+/t21-,22+,23-. The Labute approximate surface area is 188 Å². The minimum atomic E-state index is -0.0462. The fraction of sp³-hybridized carbons (Fsp3) is 0.480. The lowest BCUT2D eigenvalue weighted by atomic mass is 10.1. The van der Waals surface area contributed by atoms with Gasteiger partial charge in [-0.05, 0) is 47.9 Å². The molecule has 7 nitrogen and oxygen atoms in total. The zero-order chi connectivity index (χ0) is 21.8. The molecular formula is C25H30N4O3. The van der Waals surface area contributed by atoms with Crippen LogP contribution in [0.3, 0.4) is 0 Å². The molecule has 0 spiro atoms. The summed E-state index contributed by atoms with van der Waals surface area (Å²) in [5.41, 5.74) is 2.12. The predicted molar refractivity (Wildman–Crippen MR) is 122 cm³/mol. The van der Waals surface area contributed by atoms with Crippen molar-refractivity contribution in [2.45, 2.75) is 25.4 Å². The normalized spacial score (nSPS) is 25.0. The van der Waals surface area contributed by atoms with Crippen LogP contribution in [-0.4, -0.2) is 54.8 Å². The molecule has 3 aliphatic rings. The van der Waals surface area contributed by atoms with Gasteiger partial charge >= 0.3 is 0 Å². The van der Waals surface area contributed by atoms with Gasteiger partial charge in [-0.2, -0.15) is 0 Å². The van der Waals surface area contributed by atoms with Crippen molar-refractivity contribution in [3.05, 3.63) is 54.5 Å².